The fourth-order valence-corrected chi connectivity index (χ4v) is 4.07. The summed E-state index contributed by atoms with van der Waals surface area (Å²) in [5.74, 6) is -0.102. The molecule has 0 aliphatic carbocycles. The first-order valence-electron chi connectivity index (χ1n) is 9.56. The monoisotopic (exact) mass is 426 g/mol. The van der Waals surface area contributed by atoms with Crippen LogP contribution in [0.5, 0.6) is 0 Å². The fraction of sp³-hybridized carbons (Fsp3) is 0.300. The highest BCUT2D eigenvalue weighted by Gasteiger charge is 2.38. The van der Waals surface area contributed by atoms with Crippen LogP contribution in [0.3, 0.4) is 0 Å². The van der Waals surface area contributed by atoms with E-state index in [1.165, 1.54) is 0 Å². The Balaban J connectivity index is 1.62. The molecule has 9 nitrogen and oxygen atoms in total. The summed E-state index contributed by atoms with van der Waals surface area (Å²) < 4.78 is 7.28. The van der Waals surface area contributed by atoms with Gasteiger partial charge in [0.1, 0.15) is 12.1 Å². The van der Waals surface area contributed by atoms with Crippen molar-refractivity contribution in [2.24, 2.45) is 0 Å². The van der Waals surface area contributed by atoms with Gasteiger partial charge in [0.15, 0.2) is 0 Å². The summed E-state index contributed by atoms with van der Waals surface area (Å²) >= 11 is 6.33. The van der Waals surface area contributed by atoms with Gasteiger partial charge in [0.05, 0.1) is 33.9 Å². The highest BCUT2D eigenvalue weighted by atomic mass is 35.5. The number of halogens is 1. The number of H-pyrrole nitrogens is 1. The minimum atomic E-state index is -0.902. The predicted molar refractivity (Wildman–Crippen MR) is 107 cm³/mol. The van der Waals surface area contributed by atoms with E-state index in [1.54, 1.807) is 41.9 Å². The topological polar surface area (TPSA) is 113 Å². The van der Waals surface area contributed by atoms with Crippen LogP contribution in [0.15, 0.2) is 35.1 Å². The molecule has 1 amide bonds. The number of pyridine rings is 1. The van der Waals surface area contributed by atoms with Crippen molar-refractivity contribution in [2.45, 2.75) is 32.4 Å². The first kappa shape index (κ1) is 18.8. The Bertz CT molecular complexity index is 1260. The van der Waals surface area contributed by atoms with Crippen LogP contribution >= 0.6 is 11.6 Å². The van der Waals surface area contributed by atoms with E-state index in [0.29, 0.717) is 29.4 Å². The van der Waals surface area contributed by atoms with Gasteiger partial charge in [-0.1, -0.05) is 11.6 Å². The fourth-order valence-electron chi connectivity index (χ4n) is 3.85. The van der Waals surface area contributed by atoms with Gasteiger partial charge in [0.2, 0.25) is 11.7 Å². The number of carbonyl (C=O) groups excluding carboxylic acids is 1. The van der Waals surface area contributed by atoms with Gasteiger partial charge in [-0.3, -0.25) is 4.79 Å². The maximum absolute atomic E-state index is 13.5. The number of aryl methyl sites for hydroxylation is 1. The van der Waals surface area contributed by atoms with Gasteiger partial charge in [0.25, 0.3) is 5.91 Å². The van der Waals surface area contributed by atoms with E-state index >= 15 is 0 Å². The number of aromatic nitrogens is 5. The van der Waals surface area contributed by atoms with E-state index in [1.807, 2.05) is 12.1 Å². The van der Waals surface area contributed by atoms with Gasteiger partial charge < -0.3 is 19.4 Å². The maximum atomic E-state index is 13.5. The molecule has 1 aliphatic heterocycles. The van der Waals surface area contributed by atoms with Crippen LogP contribution in [0.4, 0.5) is 0 Å². The van der Waals surface area contributed by atoms with Crippen molar-refractivity contribution >= 4 is 23.0 Å². The first-order chi connectivity index (χ1) is 14.4. The highest BCUT2D eigenvalue weighted by molar-refractivity contribution is 6.33. The van der Waals surface area contributed by atoms with E-state index in [2.05, 4.69) is 20.1 Å². The Morgan fingerprint density at radius 1 is 1.47 bits per heavy atom. The summed E-state index contributed by atoms with van der Waals surface area (Å²) in [5.41, 5.74) is 3.53. The van der Waals surface area contributed by atoms with Gasteiger partial charge in [0, 0.05) is 24.9 Å². The van der Waals surface area contributed by atoms with Crippen molar-refractivity contribution in [2.75, 3.05) is 6.54 Å². The Labute approximate surface area is 176 Å². The largest absolute Gasteiger partial charge is 0.432 e. The van der Waals surface area contributed by atoms with E-state index in [9.17, 15) is 9.90 Å². The summed E-state index contributed by atoms with van der Waals surface area (Å²) in [6, 6.07) is 4.96. The number of nitrogens with one attached hydrogen (secondary N) is 1. The third-order valence-electron chi connectivity index (χ3n) is 5.30. The lowest BCUT2D eigenvalue weighted by Gasteiger charge is -2.33. The Morgan fingerprint density at radius 3 is 3.03 bits per heavy atom. The first-order valence-corrected chi connectivity index (χ1v) is 9.94. The molecule has 5 heterocycles. The molecule has 10 heteroatoms. The minimum Gasteiger partial charge on any atom is -0.432 e. The van der Waals surface area contributed by atoms with Crippen LogP contribution in [0.25, 0.3) is 5.52 Å². The van der Waals surface area contributed by atoms with E-state index in [4.69, 9.17) is 16.0 Å². The minimum absolute atomic E-state index is 0.108. The van der Waals surface area contributed by atoms with Gasteiger partial charge in [-0.15, -0.1) is 0 Å². The van der Waals surface area contributed by atoms with E-state index in [0.717, 1.165) is 16.9 Å². The molecule has 30 heavy (non-hydrogen) atoms. The summed E-state index contributed by atoms with van der Waals surface area (Å²) in [5, 5.41) is 15.0. The van der Waals surface area contributed by atoms with Crippen molar-refractivity contribution in [3.8, 4) is 0 Å². The number of imidazole rings is 1. The molecule has 2 N–H and O–H groups in total. The standard InChI is InChI=1S/C20H19ClN6O3/c1-10-18(30-19(24-10)11(2)28)20(29)26-7-5-13-16(23-9-22-13)17(26)14-8-15-12(21)4-3-6-27(15)25-14/h3-4,6,8-9,11,17,28H,5,7H2,1-2H3,(H,22,23)/t11-,17?/m1/s1. The molecule has 154 valence electrons. The molecule has 0 fully saturated rings. The van der Waals surface area contributed by atoms with Gasteiger partial charge >= 0.3 is 0 Å². The van der Waals surface area contributed by atoms with Crippen LogP contribution in [-0.4, -0.2) is 47.0 Å². The maximum Gasteiger partial charge on any atom is 0.292 e. The van der Waals surface area contributed by atoms with Crippen LogP contribution in [0.2, 0.25) is 5.02 Å². The van der Waals surface area contributed by atoms with Crippen molar-refractivity contribution in [3.63, 3.8) is 0 Å². The number of aliphatic hydroxyl groups excluding tert-OH is 1. The summed E-state index contributed by atoms with van der Waals surface area (Å²) in [4.78, 5) is 27.0. The Kier molecular flexibility index (Phi) is 4.37. The second-order valence-corrected chi connectivity index (χ2v) is 7.72. The molecule has 0 saturated heterocycles. The molecule has 0 radical (unpaired) electrons. The van der Waals surface area contributed by atoms with Gasteiger partial charge in [-0.2, -0.15) is 5.10 Å². The predicted octanol–water partition coefficient (Wildman–Crippen LogP) is 2.85. The number of aromatic amines is 1. The average Bonchev–Trinajstić information content (AvgIpc) is 3.44. The Morgan fingerprint density at radius 2 is 2.30 bits per heavy atom. The van der Waals surface area contributed by atoms with Gasteiger partial charge in [-0.05, 0) is 32.0 Å². The number of carbonyl (C=O) groups is 1. The average molecular weight is 427 g/mol. The lowest BCUT2D eigenvalue weighted by molar-refractivity contribution is 0.0644. The molecule has 0 bridgehead atoms. The van der Waals surface area contributed by atoms with Crippen molar-refractivity contribution < 1.29 is 14.3 Å². The molecule has 1 aliphatic rings. The van der Waals surface area contributed by atoms with Crippen LogP contribution in [0.1, 0.15) is 58.3 Å². The number of amides is 1. The second-order valence-electron chi connectivity index (χ2n) is 7.32. The molecule has 2 atom stereocenters. The molecule has 1 unspecified atom stereocenters. The van der Waals surface area contributed by atoms with Crippen LogP contribution in [-0.2, 0) is 6.42 Å². The number of nitrogens with zero attached hydrogens (tertiary/aromatic N) is 5. The number of fused-ring (bicyclic) bond motifs is 2. The summed E-state index contributed by atoms with van der Waals surface area (Å²) in [6.45, 7) is 3.68. The molecular formula is C20H19ClN6O3. The zero-order valence-corrected chi connectivity index (χ0v) is 17.1. The molecule has 5 rings (SSSR count). The lowest BCUT2D eigenvalue weighted by atomic mass is 9.99. The number of hydrogen-bond acceptors (Lipinski definition) is 6. The van der Waals surface area contributed by atoms with E-state index in [-0.39, 0.29) is 17.6 Å². The van der Waals surface area contributed by atoms with Gasteiger partial charge in [-0.25, -0.2) is 14.5 Å². The molecule has 0 aromatic carbocycles. The zero-order valence-electron chi connectivity index (χ0n) is 16.3. The zero-order chi connectivity index (χ0) is 21.0. The van der Waals surface area contributed by atoms with Crippen LogP contribution in [0, 0.1) is 6.92 Å². The highest BCUT2D eigenvalue weighted by Crippen LogP contribution is 2.35. The SMILES string of the molecule is Cc1nc([C@@H](C)O)oc1C(=O)N1CCc2[nH]cnc2C1c1cc2c(Cl)cccn2n1. The quantitative estimate of drug-likeness (QED) is 0.521. The number of rotatable bonds is 3. The van der Waals surface area contributed by atoms with Crippen molar-refractivity contribution in [3.05, 3.63) is 70.2 Å². The lowest BCUT2D eigenvalue weighted by Crippen LogP contribution is -2.41. The molecular weight excluding hydrogens is 408 g/mol. The number of hydrogen-bond donors (Lipinski definition) is 2. The molecule has 0 spiro atoms. The summed E-state index contributed by atoms with van der Waals surface area (Å²) in [6.07, 6.45) is 3.16. The Hall–Kier alpha value is -3.17. The molecule has 4 aromatic rings. The van der Waals surface area contributed by atoms with E-state index < -0.39 is 12.1 Å². The third-order valence-corrected chi connectivity index (χ3v) is 5.62. The summed E-state index contributed by atoms with van der Waals surface area (Å²) in [7, 11) is 0. The molecule has 0 saturated carbocycles. The third kappa shape index (κ3) is 2.89. The number of oxazole rings is 1. The normalized spacial score (nSPS) is 17.3. The number of aliphatic hydroxyl groups is 1. The second kappa shape index (κ2) is 6.96. The van der Waals surface area contributed by atoms with Crippen molar-refractivity contribution in [1.82, 2.24) is 29.5 Å². The molecule has 4 aromatic heterocycles. The smallest absolute Gasteiger partial charge is 0.292 e. The van der Waals surface area contributed by atoms with Crippen LogP contribution < -0.4 is 0 Å². The van der Waals surface area contributed by atoms with Crippen molar-refractivity contribution in [1.29, 1.82) is 0 Å².